The molecule has 0 atom stereocenters. The van der Waals surface area contributed by atoms with E-state index >= 15 is 0 Å². The van der Waals surface area contributed by atoms with E-state index < -0.39 is 48.4 Å². The molecule has 0 aromatic carbocycles. The van der Waals surface area contributed by atoms with Crippen LogP contribution < -0.4 is 0 Å². The van der Waals surface area contributed by atoms with Gasteiger partial charge in [0.25, 0.3) is 0 Å². The number of halogens is 3. The van der Waals surface area contributed by atoms with Crippen molar-refractivity contribution in [3.8, 4) is 0 Å². The minimum atomic E-state index is -4.58. The van der Waals surface area contributed by atoms with Crippen molar-refractivity contribution in [1.82, 2.24) is 0 Å². The molecule has 0 aliphatic heterocycles. The Labute approximate surface area is 140 Å². The predicted octanol–water partition coefficient (Wildman–Crippen LogP) is -1.62. The Hall–Kier alpha value is 0.884. The zero-order valence-corrected chi connectivity index (χ0v) is 14.9. The Morgan fingerprint density at radius 2 is 0.632 bits per heavy atom. The molecule has 0 bridgehead atoms. The zero-order chi connectivity index (χ0) is 15.6. The fourth-order valence-corrected chi connectivity index (χ4v) is 0. The van der Waals surface area contributed by atoms with E-state index in [1.807, 2.05) is 0 Å². The van der Waals surface area contributed by atoms with Gasteiger partial charge in [-0.15, -0.1) is 0 Å². The van der Waals surface area contributed by atoms with Gasteiger partial charge >= 0.3 is 41.3 Å². The minimum absolute atomic E-state index is 0. The molecule has 0 aromatic rings. The Kier molecular flexibility index (Phi) is 18.7. The van der Waals surface area contributed by atoms with Gasteiger partial charge in [0.2, 0.25) is 0 Å². The Balaban J connectivity index is -0.0000000865. The van der Waals surface area contributed by atoms with E-state index in [1.54, 1.807) is 0 Å². The van der Waals surface area contributed by atoms with Crippen LogP contribution in [0, 0.1) is 41.3 Å². The van der Waals surface area contributed by atoms with Crippen molar-refractivity contribution in [3.05, 3.63) is 0 Å². The van der Waals surface area contributed by atoms with Gasteiger partial charge in [-0.25, -0.2) is 38.4 Å². The molecule has 0 aliphatic carbocycles. The maximum Gasteiger partial charge on any atom is 3.00 e. The summed E-state index contributed by atoms with van der Waals surface area (Å²) in [5.41, 5.74) is 0. The summed E-state index contributed by atoms with van der Waals surface area (Å²) in [6, 6.07) is -5.44. The Morgan fingerprint density at radius 1 is 0.579 bits per heavy atom. The van der Waals surface area contributed by atoms with E-state index in [9.17, 15) is 13.2 Å². The fraction of sp³-hybridized carbons (Fsp3) is 1.00. The van der Waals surface area contributed by atoms with E-state index in [0.717, 1.165) is 0 Å². The standard InChI is InChI=1S/3CH3FO3S.Pr/c3*2-1-6(3,4)5;/h3*1H2,(H,3,4,5);/q;;;+3/p-3. The third kappa shape index (κ3) is 55.1. The molecular weight excluding hydrogens is 474 g/mol. The van der Waals surface area contributed by atoms with E-state index in [-0.39, 0.29) is 41.3 Å². The summed E-state index contributed by atoms with van der Waals surface area (Å²) in [4.78, 5) is 0. The summed E-state index contributed by atoms with van der Waals surface area (Å²) in [5, 5.41) is 0. The third-order valence-corrected chi connectivity index (χ3v) is 1.20. The van der Waals surface area contributed by atoms with Crippen LogP contribution in [0.2, 0.25) is 0 Å². The van der Waals surface area contributed by atoms with Crippen molar-refractivity contribution < 1.29 is 93.4 Å². The third-order valence-electron chi connectivity index (χ3n) is 0.401. The quantitative estimate of drug-likeness (QED) is 0.430. The average Bonchev–Trinajstić information content (AvgIpc) is 2.16. The molecule has 0 radical (unpaired) electrons. The molecule has 0 N–H and O–H groups in total. The first kappa shape index (κ1) is 28.1. The summed E-state index contributed by atoms with van der Waals surface area (Å²) >= 11 is 0. The number of rotatable bonds is 3. The number of alkyl halides is 3. The molecule has 16 heteroatoms. The van der Waals surface area contributed by atoms with Gasteiger partial charge in [0.15, 0.2) is 18.0 Å². The van der Waals surface area contributed by atoms with Crippen LogP contribution in [-0.2, 0) is 30.4 Å². The van der Waals surface area contributed by atoms with Crippen LogP contribution in [0.5, 0.6) is 0 Å². The van der Waals surface area contributed by atoms with E-state index in [2.05, 4.69) is 0 Å². The Bertz CT molecular complexity index is 420. The summed E-state index contributed by atoms with van der Waals surface area (Å²) < 4.78 is 113. The van der Waals surface area contributed by atoms with Crippen LogP contribution in [0.15, 0.2) is 0 Å². The smallest absolute Gasteiger partial charge is 0.746 e. The van der Waals surface area contributed by atoms with E-state index in [1.165, 1.54) is 0 Å². The first-order valence-electron chi connectivity index (χ1n) is 3.17. The van der Waals surface area contributed by atoms with Crippen molar-refractivity contribution in [1.29, 1.82) is 0 Å². The van der Waals surface area contributed by atoms with Crippen molar-refractivity contribution in [2.24, 2.45) is 0 Å². The molecule has 0 amide bonds. The van der Waals surface area contributed by atoms with Crippen LogP contribution in [0.3, 0.4) is 0 Å². The predicted molar refractivity (Wildman–Crippen MR) is 47.0 cm³/mol. The maximum absolute atomic E-state index is 10.6. The van der Waals surface area contributed by atoms with Gasteiger partial charge in [-0.1, -0.05) is 0 Å². The summed E-state index contributed by atoms with van der Waals surface area (Å²) in [7, 11) is -13.7. The summed E-state index contributed by atoms with van der Waals surface area (Å²) in [6.07, 6.45) is 0. The monoisotopic (exact) mass is 480 g/mol. The van der Waals surface area contributed by atoms with E-state index in [4.69, 9.17) is 38.9 Å². The molecule has 0 unspecified atom stereocenters. The first-order chi connectivity index (χ1) is 7.68. The average molecular weight is 480 g/mol. The molecule has 0 rings (SSSR count). The number of hydrogen-bond acceptors (Lipinski definition) is 9. The molecule has 0 fully saturated rings. The molecule has 19 heavy (non-hydrogen) atoms. The Morgan fingerprint density at radius 3 is 0.632 bits per heavy atom. The molecule has 0 heterocycles. The van der Waals surface area contributed by atoms with Crippen LogP contribution >= 0.6 is 0 Å². The van der Waals surface area contributed by atoms with Crippen LogP contribution in [-0.4, -0.2) is 56.9 Å². The molecule has 0 aliphatic rings. The van der Waals surface area contributed by atoms with E-state index in [0.29, 0.717) is 0 Å². The van der Waals surface area contributed by atoms with Gasteiger partial charge in [-0.05, 0) is 0 Å². The van der Waals surface area contributed by atoms with Crippen molar-refractivity contribution >= 4 is 30.4 Å². The second-order valence-corrected chi connectivity index (χ2v) is 6.00. The van der Waals surface area contributed by atoms with Crippen molar-refractivity contribution in [2.75, 3.05) is 18.0 Å². The summed E-state index contributed by atoms with van der Waals surface area (Å²) in [6.45, 7) is 0. The molecule has 0 saturated heterocycles. The first-order valence-corrected chi connectivity index (χ1v) is 7.90. The van der Waals surface area contributed by atoms with Crippen molar-refractivity contribution in [3.63, 3.8) is 0 Å². The maximum atomic E-state index is 10.6. The topological polar surface area (TPSA) is 172 Å². The number of hydrogen-bond donors (Lipinski definition) is 0. The van der Waals surface area contributed by atoms with Gasteiger partial charge in [0.05, 0.1) is 0 Å². The van der Waals surface area contributed by atoms with Crippen molar-refractivity contribution in [2.45, 2.75) is 0 Å². The van der Waals surface area contributed by atoms with Gasteiger partial charge in [-0.2, -0.15) is 0 Å². The largest absolute Gasteiger partial charge is 3.00 e. The zero-order valence-electron chi connectivity index (χ0n) is 8.73. The molecule has 0 saturated carbocycles. The second kappa shape index (κ2) is 12.6. The molecule has 0 spiro atoms. The van der Waals surface area contributed by atoms with Crippen LogP contribution in [0.25, 0.3) is 0 Å². The minimum Gasteiger partial charge on any atom is -0.746 e. The normalized spacial score (nSPS) is 11.1. The molecule has 0 aromatic heterocycles. The second-order valence-electron chi connectivity index (χ2n) is 2.00. The van der Waals surface area contributed by atoms with Crippen LogP contribution in [0.1, 0.15) is 0 Å². The molecule has 9 nitrogen and oxygen atoms in total. The van der Waals surface area contributed by atoms with Gasteiger partial charge in [0, 0.05) is 0 Å². The summed E-state index contributed by atoms with van der Waals surface area (Å²) in [5.74, 6) is 0. The van der Waals surface area contributed by atoms with Gasteiger partial charge in [-0.3, -0.25) is 0 Å². The van der Waals surface area contributed by atoms with Crippen LogP contribution in [0.4, 0.5) is 13.2 Å². The molecular formula is C3H6F3O9PrS3. The molecule has 114 valence electrons. The fourth-order valence-electron chi connectivity index (χ4n) is 0. The SMILES string of the molecule is O=S(=O)([O-])CF.O=S(=O)([O-])CF.O=S(=O)([O-])CF.[Pr+3]. The van der Waals surface area contributed by atoms with Gasteiger partial charge in [0.1, 0.15) is 30.4 Å². The van der Waals surface area contributed by atoms with Gasteiger partial charge < -0.3 is 13.7 Å².